The molecular weight excluding hydrogens is 338 g/mol. The molecule has 0 aromatic carbocycles. The van der Waals surface area contributed by atoms with E-state index >= 15 is 0 Å². The van der Waals surface area contributed by atoms with Crippen LogP contribution in [0.5, 0.6) is 0 Å². The summed E-state index contributed by atoms with van der Waals surface area (Å²) in [6.45, 7) is 0.445. The Kier molecular flexibility index (Phi) is 14.5. The molecule has 1 aliphatic carbocycles. The van der Waals surface area contributed by atoms with Crippen LogP contribution in [-0.2, 0) is 11.4 Å². The summed E-state index contributed by atoms with van der Waals surface area (Å²) in [7, 11) is 0. The first-order chi connectivity index (χ1) is 12.4. The fourth-order valence-corrected chi connectivity index (χ4v) is 2.31. The highest BCUT2D eigenvalue weighted by atomic mass is 16.4. The topological polar surface area (TPSA) is 166 Å². The van der Waals surface area contributed by atoms with Crippen LogP contribution in [0.25, 0.3) is 0 Å². The molecule has 2 rings (SSSR count). The number of furan rings is 1. The molecule has 150 valence electrons. The fraction of sp³-hybridized carbons (Fsp3) is 0.667. The van der Waals surface area contributed by atoms with E-state index in [9.17, 15) is 9.59 Å². The van der Waals surface area contributed by atoms with E-state index in [4.69, 9.17) is 31.8 Å². The molecular formula is C18H33N3O5. The first-order valence-electron chi connectivity index (χ1n) is 9.03. The number of carbonyl (C=O) groups is 2. The van der Waals surface area contributed by atoms with Crippen LogP contribution in [0.2, 0.25) is 0 Å². The number of unbranched alkanes of at least 4 members (excludes halogenated alkanes) is 1. The Hall–Kier alpha value is -1.74. The van der Waals surface area contributed by atoms with E-state index in [0.29, 0.717) is 31.1 Å². The summed E-state index contributed by atoms with van der Waals surface area (Å²) in [5.41, 5.74) is 16.1. The van der Waals surface area contributed by atoms with Gasteiger partial charge in [0.25, 0.3) is 0 Å². The summed E-state index contributed by atoms with van der Waals surface area (Å²) in [6, 6.07) is 2.89. The molecule has 1 atom stereocenters. The molecule has 8 nitrogen and oxygen atoms in total. The molecule has 0 bridgehead atoms. The number of nitrogens with two attached hydrogens (primary N) is 3. The Bertz CT molecular complexity index is 487. The lowest BCUT2D eigenvalue weighted by Crippen LogP contribution is -2.29. The smallest absolute Gasteiger partial charge is 0.320 e. The van der Waals surface area contributed by atoms with Gasteiger partial charge in [-0.05, 0) is 44.4 Å². The van der Waals surface area contributed by atoms with Gasteiger partial charge in [-0.2, -0.15) is 0 Å². The van der Waals surface area contributed by atoms with Gasteiger partial charge in [-0.15, -0.1) is 0 Å². The van der Waals surface area contributed by atoms with Crippen LogP contribution in [0.4, 0.5) is 0 Å². The van der Waals surface area contributed by atoms with Gasteiger partial charge in [-0.3, -0.25) is 9.59 Å². The van der Waals surface area contributed by atoms with Gasteiger partial charge in [0.15, 0.2) is 12.0 Å². The number of aldehydes is 1. The standard InChI is InChI=1S/C6H14N2O2.C6H13N.C6H6O3/c7-4-2-1-3-5(8)6(9)10;7-6-4-2-1-3-5-6;7-3-5-1-2-6(4-8)9-5/h5H,1-4,7-8H2,(H,9,10);6H,1-5,7H2;1-3,8H,4H2. The van der Waals surface area contributed by atoms with E-state index < -0.39 is 12.0 Å². The van der Waals surface area contributed by atoms with E-state index in [1.807, 2.05) is 0 Å². The van der Waals surface area contributed by atoms with Crippen molar-refractivity contribution >= 4 is 12.3 Å². The van der Waals surface area contributed by atoms with Crippen molar-refractivity contribution in [2.24, 2.45) is 17.2 Å². The van der Waals surface area contributed by atoms with Crippen molar-refractivity contribution in [3.05, 3.63) is 23.7 Å². The fourth-order valence-electron chi connectivity index (χ4n) is 2.31. The maximum atomic E-state index is 10.1. The van der Waals surface area contributed by atoms with Crippen molar-refractivity contribution in [1.82, 2.24) is 0 Å². The zero-order chi connectivity index (χ0) is 19.8. The van der Waals surface area contributed by atoms with E-state index in [1.54, 1.807) is 6.07 Å². The minimum absolute atomic E-state index is 0.159. The minimum Gasteiger partial charge on any atom is -0.480 e. The van der Waals surface area contributed by atoms with Gasteiger partial charge in [0, 0.05) is 6.04 Å². The summed E-state index contributed by atoms with van der Waals surface area (Å²) >= 11 is 0. The third-order valence-electron chi connectivity index (χ3n) is 3.89. The number of carboxylic acid groups (broad SMARTS) is 1. The molecule has 0 aliphatic heterocycles. The summed E-state index contributed by atoms with van der Waals surface area (Å²) < 4.78 is 4.76. The second-order valence-electron chi connectivity index (χ2n) is 6.21. The van der Waals surface area contributed by atoms with Crippen LogP contribution in [-0.4, -0.2) is 41.1 Å². The van der Waals surface area contributed by atoms with Crippen molar-refractivity contribution in [3.63, 3.8) is 0 Å². The SMILES string of the molecule is NC1CCCCC1.NCCCCC(N)C(=O)O.O=Cc1ccc(CO)o1. The van der Waals surface area contributed by atoms with Crippen molar-refractivity contribution in [3.8, 4) is 0 Å². The lowest BCUT2D eigenvalue weighted by atomic mass is 9.97. The van der Waals surface area contributed by atoms with E-state index in [2.05, 4.69) is 0 Å². The molecule has 1 saturated carbocycles. The number of aliphatic hydroxyl groups excluding tert-OH is 1. The van der Waals surface area contributed by atoms with Gasteiger partial charge in [0.1, 0.15) is 18.4 Å². The summed E-state index contributed by atoms with van der Waals surface area (Å²) in [5.74, 6) is -0.270. The Balaban J connectivity index is 0.000000365. The quantitative estimate of drug-likeness (QED) is 0.354. The lowest BCUT2D eigenvalue weighted by molar-refractivity contribution is -0.138. The van der Waals surface area contributed by atoms with Gasteiger partial charge < -0.3 is 31.8 Å². The van der Waals surface area contributed by atoms with Gasteiger partial charge in [-0.25, -0.2) is 0 Å². The van der Waals surface area contributed by atoms with Crippen LogP contribution in [0.15, 0.2) is 16.5 Å². The summed E-state index contributed by atoms with van der Waals surface area (Å²) in [5, 5.41) is 16.8. The van der Waals surface area contributed by atoms with Crippen LogP contribution in [0.3, 0.4) is 0 Å². The predicted molar refractivity (Wildman–Crippen MR) is 99.6 cm³/mol. The molecule has 1 heterocycles. The lowest BCUT2D eigenvalue weighted by Gasteiger charge is -2.15. The molecule has 0 spiro atoms. The normalized spacial score (nSPS) is 15.1. The van der Waals surface area contributed by atoms with Crippen molar-refractivity contribution in [2.45, 2.75) is 70.1 Å². The first-order valence-corrected chi connectivity index (χ1v) is 9.03. The number of aliphatic hydroxyl groups is 1. The third-order valence-corrected chi connectivity index (χ3v) is 3.89. The number of carboxylic acids is 1. The minimum atomic E-state index is -0.933. The molecule has 26 heavy (non-hydrogen) atoms. The van der Waals surface area contributed by atoms with E-state index in [1.165, 1.54) is 38.2 Å². The second-order valence-corrected chi connectivity index (χ2v) is 6.21. The molecule has 1 aliphatic rings. The Labute approximate surface area is 154 Å². The number of rotatable bonds is 7. The highest BCUT2D eigenvalue weighted by Gasteiger charge is 2.09. The average molecular weight is 371 g/mol. The monoisotopic (exact) mass is 371 g/mol. The van der Waals surface area contributed by atoms with E-state index in [0.717, 1.165) is 12.8 Å². The molecule has 1 fully saturated rings. The first kappa shape index (κ1) is 24.3. The number of hydrogen-bond acceptors (Lipinski definition) is 7. The average Bonchev–Trinajstić information content (AvgIpc) is 3.12. The van der Waals surface area contributed by atoms with Gasteiger partial charge in [-0.1, -0.05) is 25.7 Å². The van der Waals surface area contributed by atoms with Crippen molar-refractivity contribution < 1.29 is 24.2 Å². The number of aliphatic carboxylic acids is 1. The summed E-state index contributed by atoms with van der Waals surface area (Å²) in [6.07, 6.45) is 9.42. The predicted octanol–water partition coefficient (Wildman–Crippen LogP) is 1.39. The molecule has 1 unspecified atom stereocenters. The van der Waals surface area contributed by atoms with Crippen molar-refractivity contribution in [1.29, 1.82) is 0 Å². The highest BCUT2D eigenvalue weighted by Crippen LogP contribution is 2.14. The van der Waals surface area contributed by atoms with Gasteiger partial charge >= 0.3 is 5.97 Å². The molecule has 8 N–H and O–H groups in total. The van der Waals surface area contributed by atoms with Crippen LogP contribution in [0.1, 0.15) is 67.7 Å². The zero-order valence-electron chi connectivity index (χ0n) is 15.3. The Morgan fingerprint density at radius 3 is 2.27 bits per heavy atom. The Morgan fingerprint density at radius 1 is 1.27 bits per heavy atom. The molecule has 0 saturated heterocycles. The molecule has 8 heteroatoms. The van der Waals surface area contributed by atoms with Crippen molar-refractivity contribution in [2.75, 3.05) is 6.54 Å². The summed E-state index contributed by atoms with van der Waals surface area (Å²) in [4.78, 5) is 20.1. The highest BCUT2D eigenvalue weighted by molar-refractivity contribution is 5.72. The molecule has 0 radical (unpaired) electrons. The van der Waals surface area contributed by atoms with Crippen LogP contribution >= 0.6 is 0 Å². The third kappa shape index (κ3) is 12.6. The van der Waals surface area contributed by atoms with Crippen LogP contribution in [0, 0.1) is 0 Å². The van der Waals surface area contributed by atoms with Gasteiger partial charge in [0.2, 0.25) is 0 Å². The largest absolute Gasteiger partial charge is 0.480 e. The number of hydrogen-bond donors (Lipinski definition) is 5. The maximum Gasteiger partial charge on any atom is 0.320 e. The van der Waals surface area contributed by atoms with E-state index in [-0.39, 0.29) is 12.4 Å². The molecule has 0 amide bonds. The second kappa shape index (κ2) is 15.5. The number of carbonyl (C=O) groups excluding carboxylic acids is 1. The molecule has 1 aromatic heterocycles. The van der Waals surface area contributed by atoms with Gasteiger partial charge in [0.05, 0.1) is 0 Å². The molecule has 1 aromatic rings. The maximum absolute atomic E-state index is 10.1. The Morgan fingerprint density at radius 2 is 1.92 bits per heavy atom. The zero-order valence-corrected chi connectivity index (χ0v) is 15.3. The van der Waals surface area contributed by atoms with Crippen LogP contribution < -0.4 is 17.2 Å².